The molecule has 9 unspecified atom stereocenters. The van der Waals surface area contributed by atoms with Crippen LogP contribution in [0.2, 0.25) is 0 Å². The molecular weight excluding hydrogens is 624 g/mol. The molecule has 0 radical (unpaired) electrons. The summed E-state index contributed by atoms with van der Waals surface area (Å²) in [7, 11) is 0. The Morgan fingerprint density at radius 1 is 0.766 bits per heavy atom. The first kappa shape index (κ1) is 40.8. The maximum Gasteiger partial charge on any atom is 0.308 e. The van der Waals surface area contributed by atoms with Gasteiger partial charge >= 0.3 is 23.9 Å². The van der Waals surface area contributed by atoms with Crippen molar-refractivity contribution in [1.82, 2.24) is 0 Å². The van der Waals surface area contributed by atoms with E-state index in [2.05, 4.69) is 0 Å². The van der Waals surface area contributed by atoms with Gasteiger partial charge in [-0.25, -0.2) is 0 Å². The van der Waals surface area contributed by atoms with Crippen LogP contribution >= 0.6 is 0 Å². The van der Waals surface area contributed by atoms with Gasteiger partial charge in [0, 0.05) is 19.8 Å². The van der Waals surface area contributed by atoms with Gasteiger partial charge in [0.05, 0.1) is 19.1 Å². The molecule has 0 saturated carbocycles. The predicted octanol–water partition coefficient (Wildman–Crippen LogP) is 1.14. The zero-order valence-electron chi connectivity index (χ0n) is 28.5. The van der Waals surface area contributed by atoms with Crippen molar-refractivity contribution in [3.05, 3.63) is 0 Å². The summed E-state index contributed by atoms with van der Waals surface area (Å²) in [5.41, 5.74) is 0. The van der Waals surface area contributed by atoms with Crippen LogP contribution in [0.1, 0.15) is 87.0 Å². The lowest BCUT2D eigenvalue weighted by atomic mass is 9.97. The number of rotatable bonds is 18. The Morgan fingerprint density at radius 2 is 1.30 bits per heavy atom. The smallest absolute Gasteiger partial charge is 0.308 e. The Balaban J connectivity index is 2.59. The largest absolute Gasteiger partial charge is 0.460 e. The number of hydrogen-bond donors (Lipinski definition) is 4. The Kier molecular flexibility index (Phi) is 16.4. The van der Waals surface area contributed by atoms with E-state index in [1.54, 1.807) is 13.8 Å². The molecule has 2 rings (SSSR count). The Labute approximate surface area is 276 Å². The third-order valence-electron chi connectivity index (χ3n) is 7.83. The summed E-state index contributed by atoms with van der Waals surface area (Å²) in [5.74, 6) is -5.35. The topological polar surface area (TPSA) is 214 Å². The van der Waals surface area contributed by atoms with Gasteiger partial charge in [-0.15, -0.1) is 0 Å². The van der Waals surface area contributed by atoms with Crippen molar-refractivity contribution in [2.45, 2.75) is 142 Å². The monoisotopic (exact) mass is 678 g/mol. The van der Waals surface area contributed by atoms with Crippen LogP contribution in [0.15, 0.2) is 0 Å². The van der Waals surface area contributed by atoms with Crippen LogP contribution in [0.3, 0.4) is 0 Å². The van der Waals surface area contributed by atoms with Gasteiger partial charge in [-0.3, -0.25) is 19.2 Å². The fourth-order valence-corrected chi connectivity index (χ4v) is 5.18. The molecule has 0 aliphatic carbocycles. The van der Waals surface area contributed by atoms with Gasteiger partial charge in [0.1, 0.15) is 31.0 Å². The summed E-state index contributed by atoms with van der Waals surface area (Å²) < 4.78 is 40.1. The number of esters is 4. The van der Waals surface area contributed by atoms with Crippen LogP contribution in [0, 0.1) is 17.8 Å². The molecule has 2 aliphatic rings. The van der Waals surface area contributed by atoms with Crippen LogP contribution < -0.4 is 0 Å². The number of aliphatic hydroxyl groups is 4. The molecule has 9 atom stereocenters. The molecule has 2 aliphatic heterocycles. The van der Waals surface area contributed by atoms with E-state index < -0.39 is 104 Å². The van der Waals surface area contributed by atoms with E-state index in [9.17, 15) is 39.6 Å². The zero-order chi connectivity index (χ0) is 35.5. The molecule has 0 amide bonds. The third kappa shape index (κ3) is 11.9. The van der Waals surface area contributed by atoms with E-state index >= 15 is 0 Å². The maximum absolute atomic E-state index is 13.2. The lowest BCUT2D eigenvalue weighted by Gasteiger charge is -2.46. The second kappa shape index (κ2) is 19.0. The van der Waals surface area contributed by atoms with Gasteiger partial charge in [0.15, 0.2) is 18.3 Å². The summed E-state index contributed by atoms with van der Waals surface area (Å²) in [6.45, 7) is 9.86. The van der Waals surface area contributed by atoms with E-state index in [1.807, 2.05) is 27.7 Å². The normalized spacial score (nSPS) is 30.9. The maximum atomic E-state index is 13.2. The highest BCUT2D eigenvalue weighted by molar-refractivity contribution is 5.72. The molecule has 0 aromatic heterocycles. The third-order valence-corrected chi connectivity index (χ3v) is 7.83. The first-order chi connectivity index (χ1) is 22.0. The Hall–Kier alpha value is -2.40. The van der Waals surface area contributed by atoms with E-state index in [0.29, 0.717) is 31.1 Å². The molecule has 0 aromatic carbocycles. The van der Waals surface area contributed by atoms with E-state index in [4.69, 9.17) is 33.2 Å². The first-order valence-corrected chi connectivity index (χ1v) is 16.4. The van der Waals surface area contributed by atoms with Crippen LogP contribution in [0.4, 0.5) is 0 Å². The van der Waals surface area contributed by atoms with Crippen LogP contribution in [-0.2, 0) is 52.3 Å². The minimum Gasteiger partial charge on any atom is -0.460 e. The van der Waals surface area contributed by atoms with Crippen molar-refractivity contribution >= 4 is 23.9 Å². The van der Waals surface area contributed by atoms with Crippen LogP contribution in [-0.4, -0.2) is 119 Å². The molecule has 47 heavy (non-hydrogen) atoms. The van der Waals surface area contributed by atoms with Gasteiger partial charge < -0.3 is 53.6 Å². The van der Waals surface area contributed by atoms with Gasteiger partial charge in [-0.05, 0) is 24.7 Å². The molecular formula is C32H54O15. The highest BCUT2D eigenvalue weighted by atomic mass is 16.8. The van der Waals surface area contributed by atoms with Crippen molar-refractivity contribution in [3.63, 3.8) is 0 Å². The molecule has 0 bridgehead atoms. The summed E-state index contributed by atoms with van der Waals surface area (Å²) in [5, 5.41) is 41.7. The zero-order valence-corrected chi connectivity index (χ0v) is 28.5. The molecule has 0 spiro atoms. The SMILES string of the molecule is CC(=O)OCC1(OC2OC(CO)C(OC(=O)C(C)C)C(OC(=O)CCCC(C)C)C2OC(=O)CCCC(C)C)OC(CO)C(O)C1O. The summed E-state index contributed by atoms with van der Waals surface area (Å²) in [6, 6.07) is 0. The van der Waals surface area contributed by atoms with Gasteiger partial charge in [-0.1, -0.05) is 54.4 Å². The number of ether oxygens (including phenoxy) is 7. The van der Waals surface area contributed by atoms with Crippen molar-refractivity contribution in [2.75, 3.05) is 19.8 Å². The van der Waals surface area contributed by atoms with Gasteiger partial charge in [0.25, 0.3) is 0 Å². The second-order valence-electron chi connectivity index (χ2n) is 13.2. The number of carbonyl (C=O) groups is 4. The molecule has 2 fully saturated rings. The number of hydrogen-bond acceptors (Lipinski definition) is 15. The van der Waals surface area contributed by atoms with Crippen molar-refractivity contribution in [3.8, 4) is 0 Å². The molecule has 0 aromatic rings. The fourth-order valence-electron chi connectivity index (χ4n) is 5.18. The lowest BCUT2D eigenvalue weighted by Crippen LogP contribution is -2.65. The molecule has 15 nitrogen and oxygen atoms in total. The quantitative estimate of drug-likeness (QED) is 0.118. The highest BCUT2D eigenvalue weighted by Gasteiger charge is 2.61. The van der Waals surface area contributed by atoms with Crippen LogP contribution in [0.25, 0.3) is 0 Å². The fraction of sp³-hybridized carbons (Fsp3) is 0.875. The Bertz CT molecular complexity index is 1020. The average molecular weight is 679 g/mol. The number of carbonyl (C=O) groups excluding carboxylic acids is 4. The second-order valence-corrected chi connectivity index (χ2v) is 13.2. The predicted molar refractivity (Wildman–Crippen MR) is 162 cm³/mol. The average Bonchev–Trinajstić information content (AvgIpc) is 3.22. The van der Waals surface area contributed by atoms with E-state index in [0.717, 1.165) is 13.3 Å². The summed E-state index contributed by atoms with van der Waals surface area (Å²) in [6.07, 6.45) is -10.6. The van der Waals surface area contributed by atoms with Crippen molar-refractivity contribution < 1.29 is 72.8 Å². The minimum atomic E-state index is -2.38. The molecule has 2 saturated heterocycles. The van der Waals surface area contributed by atoms with Crippen LogP contribution in [0.5, 0.6) is 0 Å². The minimum absolute atomic E-state index is 0.0205. The highest BCUT2D eigenvalue weighted by Crippen LogP contribution is 2.39. The Morgan fingerprint density at radius 3 is 1.74 bits per heavy atom. The number of aliphatic hydroxyl groups excluding tert-OH is 4. The van der Waals surface area contributed by atoms with E-state index in [1.165, 1.54) is 0 Å². The standard InChI is InChI=1S/C32H54O15/c1-17(2)10-8-12-23(36)43-27-26(45-30(40)19(5)6)22(15-34)42-31(28(27)44-24(37)13-9-11-18(3)4)47-32(16-41-20(7)35)29(39)25(38)21(14-33)46-32/h17-19,21-22,25-29,31,33-34,38-39H,8-16H2,1-7H3. The van der Waals surface area contributed by atoms with Gasteiger partial charge in [0.2, 0.25) is 12.1 Å². The molecule has 15 heteroatoms. The van der Waals surface area contributed by atoms with E-state index in [-0.39, 0.29) is 12.8 Å². The first-order valence-electron chi connectivity index (χ1n) is 16.4. The molecule has 2 heterocycles. The van der Waals surface area contributed by atoms with Crippen molar-refractivity contribution in [1.29, 1.82) is 0 Å². The lowest BCUT2D eigenvalue weighted by molar-refractivity contribution is -0.384. The molecule has 272 valence electrons. The van der Waals surface area contributed by atoms with Gasteiger partial charge in [-0.2, -0.15) is 0 Å². The summed E-state index contributed by atoms with van der Waals surface area (Å²) >= 11 is 0. The van der Waals surface area contributed by atoms with Crippen molar-refractivity contribution in [2.24, 2.45) is 17.8 Å². The summed E-state index contributed by atoms with van der Waals surface area (Å²) in [4.78, 5) is 50.9. The molecule has 4 N–H and O–H groups in total.